The maximum Gasteiger partial charge on any atom is 0.266 e. The monoisotopic (exact) mass is 437 g/mol. The maximum atomic E-state index is 13.2. The van der Waals surface area contributed by atoms with Crippen LogP contribution in [0.2, 0.25) is 5.02 Å². The molecule has 0 aliphatic heterocycles. The lowest BCUT2D eigenvalue weighted by Gasteiger charge is -2.15. The van der Waals surface area contributed by atoms with Crippen molar-refractivity contribution >= 4 is 44.3 Å². The normalized spacial score (nSPS) is 11.8. The van der Waals surface area contributed by atoms with Crippen LogP contribution in [0.5, 0.6) is 0 Å². The van der Waals surface area contributed by atoms with Gasteiger partial charge in [-0.1, -0.05) is 41.6 Å². The largest absolute Gasteiger partial charge is 0.268 e. The van der Waals surface area contributed by atoms with Crippen LogP contribution >= 0.6 is 23.4 Å². The molecule has 0 amide bonds. The number of halogens is 1. The van der Waals surface area contributed by atoms with Gasteiger partial charge in [0.25, 0.3) is 5.56 Å². The second kappa shape index (κ2) is 8.65. The van der Waals surface area contributed by atoms with Crippen LogP contribution in [0.15, 0.2) is 52.4 Å². The summed E-state index contributed by atoms with van der Waals surface area (Å²) in [7, 11) is -1.87. The van der Waals surface area contributed by atoms with Gasteiger partial charge >= 0.3 is 0 Å². The number of para-hydroxylation sites is 1. The first kappa shape index (κ1) is 20.9. The van der Waals surface area contributed by atoms with Gasteiger partial charge in [0, 0.05) is 10.8 Å². The summed E-state index contributed by atoms with van der Waals surface area (Å²) in [6.45, 7) is 1.85. The molecule has 0 saturated heterocycles. The van der Waals surface area contributed by atoms with Crippen molar-refractivity contribution in [2.45, 2.75) is 18.5 Å². The Bertz CT molecular complexity index is 1180. The van der Waals surface area contributed by atoms with Crippen molar-refractivity contribution in [1.29, 1.82) is 0 Å². The summed E-state index contributed by atoms with van der Waals surface area (Å²) in [5, 5.41) is 1.59. The molecule has 0 unspecified atom stereocenters. The van der Waals surface area contributed by atoms with Crippen LogP contribution in [-0.4, -0.2) is 36.5 Å². The molecule has 0 atom stereocenters. The molecule has 0 aliphatic carbocycles. The molecule has 1 N–H and O–H groups in total. The van der Waals surface area contributed by atoms with Crippen molar-refractivity contribution in [3.63, 3.8) is 0 Å². The van der Waals surface area contributed by atoms with Gasteiger partial charge in [-0.2, -0.15) is 0 Å². The van der Waals surface area contributed by atoms with Crippen molar-refractivity contribution in [2.75, 3.05) is 18.6 Å². The van der Waals surface area contributed by atoms with Gasteiger partial charge in [-0.3, -0.25) is 9.36 Å². The Hall–Kier alpha value is -1.87. The Kier molecular flexibility index (Phi) is 6.44. The first-order valence-electron chi connectivity index (χ1n) is 8.65. The van der Waals surface area contributed by atoms with Crippen molar-refractivity contribution in [3.05, 3.63) is 63.4 Å². The Morgan fingerprint density at radius 3 is 2.68 bits per heavy atom. The van der Waals surface area contributed by atoms with Crippen molar-refractivity contribution in [1.82, 2.24) is 14.3 Å². The second-order valence-corrected chi connectivity index (χ2v) is 9.68. The molecule has 28 heavy (non-hydrogen) atoms. The van der Waals surface area contributed by atoms with E-state index in [9.17, 15) is 13.2 Å². The first-order chi connectivity index (χ1) is 13.3. The fraction of sp³-hybridized carbons (Fsp3) is 0.263. The zero-order valence-corrected chi connectivity index (χ0v) is 17.9. The number of nitrogens with one attached hydrogen (secondary N) is 1. The lowest BCUT2D eigenvalue weighted by molar-refractivity contribution is 0.587. The van der Waals surface area contributed by atoms with Crippen LogP contribution in [0.25, 0.3) is 16.6 Å². The smallest absolute Gasteiger partial charge is 0.266 e. The fourth-order valence-electron chi connectivity index (χ4n) is 2.77. The predicted molar refractivity (Wildman–Crippen MR) is 115 cm³/mol. The zero-order valence-electron chi connectivity index (χ0n) is 15.5. The van der Waals surface area contributed by atoms with Gasteiger partial charge < -0.3 is 0 Å². The summed E-state index contributed by atoms with van der Waals surface area (Å²) < 4.78 is 27.1. The molecule has 0 spiro atoms. The molecule has 0 fully saturated rings. The summed E-state index contributed by atoms with van der Waals surface area (Å²) in [6, 6.07) is 12.6. The van der Waals surface area contributed by atoms with E-state index in [1.165, 1.54) is 18.8 Å². The van der Waals surface area contributed by atoms with E-state index in [4.69, 9.17) is 11.6 Å². The molecule has 9 heteroatoms. The Balaban J connectivity index is 2.05. The molecule has 1 aromatic heterocycles. The van der Waals surface area contributed by atoms with E-state index in [0.29, 0.717) is 38.9 Å². The Morgan fingerprint density at radius 1 is 1.18 bits per heavy atom. The number of sulfonamides is 1. The lowest BCUT2D eigenvalue weighted by Crippen LogP contribution is -2.23. The molecule has 0 radical (unpaired) electrons. The minimum atomic E-state index is -3.26. The molecule has 3 rings (SSSR count). The third-order valence-electron chi connectivity index (χ3n) is 4.32. The summed E-state index contributed by atoms with van der Waals surface area (Å²) >= 11 is 7.62. The van der Waals surface area contributed by atoms with Crippen LogP contribution < -0.4 is 10.3 Å². The van der Waals surface area contributed by atoms with E-state index in [-0.39, 0.29) is 11.3 Å². The lowest BCUT2D eigenvalue weighted by atomic mass is 10.2. The number of hydrogen-bond acceptors (Lipinski definition) is 5. The van der Waals surface area contributed by atoms with Gasteiger partial charge in [0.05, 0.1) is 22.3 Å². The average Bonchev–Trinajstić information content (AvgIpc) is 2.68. The highest BCUT2D eigenvalue weighted by molar-refractivity contribution is 7.99. The Morgan fingerprint density at radius 2 is 1.93 bits per heavy atom. The summed E-state index contributed by atoms with van der Waals surface area (Å²) in [6.07, 6.45) is 0.436. The fourth-order valence-corrected chi connectivity index (χ4v) is 4.80. The number of hydrogen-bond donors (Lipinski definition) is 1. The molecule has 6 nitrogen and oxygen atoms in total. The predicted octanol–water partition coefficient (Wildman–Crippen LogP) is 3.38. The van der Waals surface area contributed by atoms with Crippen molar-refractivity contribution in [2.24, 2.45) is 0 Å². The molecular weight excluding hydrogens is 418 g/mol. The van der Waals surface area contributed by atoms with Gasteiger partial charge in [0.1, 0.15) is 0 Å². The molecule has 0 aliphatic rings. The van der Waals surface area contributed by atoms with Crippen LogP contribution in [0.4, 0.5) is 0 Å². The highest BCUT2D eigenvalue weighted by atomic mass is 35.5. The first-order valence-corrected chi connectivity index (χ1v) is 11.7. The second-order valence-electron chi connectivity index (χ2n) is 6.16. The Labute approximate surface area is 173 Å². The van der Waals surface area contributed by atoms with Crippen LogP contribution in [0.3, 0.4) is 0 Å². The van der Waals surface area contributed by atoms with E-state index >= 15 is 0 Å². The topological polar surface area (TPSA) is 81.1 Å². The number of thioether (sulfide) groups is 1. The van der Waals surface area contributed by atoms with E-state index in [1.54, 1.807) is 34.9 Å². The highest BCUT2D eigenvalue weighted by Gasteiger charge is 2.16. The van der Waals surface area contributed by atoms with E-state index in [0.717, 1.165) is 5.56 Å². The summed E-state index contributed by atoms with van der Waals surface area (Å²) in [5.41, 5.74) is 1.87. The van der Waals surface area contributed by atoms with Gasteiger partial charge in [-0.05, 0) is 50.2 Å². The molecule has 3 aromatic rings. The number of benzene rings is 2. The van der Waals surface area contributed by atoms with Crippen molar-refractivity contribution < 1.29 is 8.42 Å². The minimum Gasteiger partial charge on any atom is -0.268 e. The third-order valence-corrected chi connectivity index (χ3v) is 7.21. The third kappa shape index (κ3) is 4.41. The van der Waals surface area contributed by atoms with E-state index in [1.807, 2.05) is 19.1 Å². The minimum absolute atomic E-state index is 0.0184. The average molecular weight is 438 g/mol. The molecule has 0 saturated carbocycles. The van der Waals surface area contributed by atoms with Crippen LogP contribution in [0.1, 0.15) is 12.0 Å². The van der Waals surface area contributed by atoms with Gasteiger partial charge in [0.15, 0.2) is 5.16 Å². The van der Waals surface area contributed by atoms with Gasteiger partial charge in [-0.15, -0.1) is 0 Å². The standard InChI is InChI=1S/C19H20ClN3O3S2/c1-13-15(20)8-5-10-17(13)23-18(24)14-7-3-4-9-16(14)22-19(23)27-11-6-12-28(25,26)21-2/h3-5,7-10,21H,6,11-12H2,1-2H3. The molecule has 1 heterocycles. The number of rotatable bonds is 7. The van der Waals surface area contributed by atoms with Crippen molar-refractivity contribution in [3.8, 4) is 5.69 Å². The summed E-state index contributed by atoms with van der Waals surface area (Å²) in [5.74, 6) is 0.524. The van der Waals surface area contributed by atoms with Gasteiger partial charge in [0.2, 0.25) is 10.0 Å². The molecular formula is C19H20ClN3O3S2. The highest BCUT2D eigenvalue weighted by Crippen LogP contribution is 2.26. The van der Waals surface area contributed by atoms with E-state index in [2.05, 4.69) is 9.71 Å². The maximum absolute atomic E-state index is 13.2. The molecule has 0 bridgehead atoms. The van der Waals surface area contributed by atoms with Gasteiger partial charge in [-0.25, -0.2) is 18.1 Å². The quantitative estimate of drug-likeness (QED) is 0.348. The summed E-state index contributed by atoms with van der Waals surface area (Å²) in [4.78, 5) is 17.9. The zero-order chi connectivity index (χ0) is 20.3. The number of aromatic nitrogens is 2. The van der Waals surface area contributed by atoms with Crippen LogP contribution in [0, 0.1) is 6.92 Å². The van der Waals surface area contributed by atoms with Crippen LogP contribution in [-0.2, 0) is 10.0 Å². The van der Waals surface area contributed by atoms with E-state index < -0.39 is 10.0 Å². The SMILES string of the molecule is CNS(=O)(=O)CCCSc1nc2ccccc2c(=O)n1-c1cccc(Cl)c1C. The molecule has 2 aromatic carbocycles. The number of fused-ring (bicyclic) bond motifs is 1. The number of nitrogens with zero attached hydrogens (tertiary/aromatic N) is 2. The molecule has 148 valence electrons.